The SMILES string of the molecule is CCNC(=NCCCc1ccc(OC)cc1)NC1CCN(C(=O)CC)C1. The molecule has 1 fully saturated rings. The van der Waals surface area contributed by atoms with Crippen LogP contribution in [-0.4, -0.2) is 56.1 Å². The first-order chi connectivity index (χ1) is 12.7. The molecule has 2 rings (SSSR count). The molecular formula is C20H32N4O2. The second-order valence-corrected chi connectivity index (χ2v) is 6.54. The number of aliphatic imine (C=N–C) groups is 1. The number of nitrogens with one attached hydrogen (secondary N) is 2. The van der Waals surface area contributed by atoms with E-state index in [1.807, 2.05) is 24.0 Å². The summed E-state index contributed by atoms with van der Waals surface area (Å²) < 4.78 is 5.18. The minimum absolute atomic E-state index is 0.232. The third-order valence-corrected chi connectivity index (χ3v) is 4.58. The Kier molecular flexibility index (Phi) is 8.25. The van der Waals surface area contributed by atoms with Gasteiger partial charge in [-0.25, -0.2) is 0 Å². The minimum Gasteiger partial charge on any atom is -0.497 e. The lowest BCUT2D eigenvalue weighted by Crippen LogP contribution is -2.45. The van der Waals surface area contributed by atoms with Gasteiger partial charge in [-0.3, -0.25) is 9.79 Å². The summed E-state index contributed by atoms with van der Waals surface area (Å²) in [7, 11) is 1.68. The van der Waals surface area contributed by atoms with Gasteiger partial charge in [0.05, 0.1) is 7.11 Å². The fourth-order valence-corrected chi connectivity index (χ4v) is 3.11. The highest BCUT2D eigenvalue weighted by molar-refractivity contribution is 5.80. The fraction of sp³-hybridized carbons (Fsp3) is 0.600. The zero-order valence-corrected chi connectivity index (χ0v) is 16.3. The zero-order valence-electron chi connectivity index (χ0n) is 16.3. The van der Waals surface area contributed by atoms with Crippen LogP contribution >= 0.6 is 0 Å². The summed E-state index contributed by atoms with van der Waals surface area (Å²) in [6, 6.07) is 8.47. The fourth-order valence-electron chi connectivity index (χ4n) is 3.11. The lowest BCUT2D eigenvalue weighted by molar-refractivity contribution is -0.129. The van der Waals surface area contributed by atoms with Crippen LogP contribution in [-0.2, 0) is 11.2 Å². The molecule has 1 heterocycles. The Hall–Kier alpha value is -2.24. The number of amides is 1. The Balaban J connectivity index is 1.78. The molecule has 0 aromatic heterocycles. The summed E-state index contributed by atoms with van der Waals surface area (Å²) in [6.45, 7) is 7.18. The highest BCUT2D eigenvalue weighted by atomic mass is 16.5. The van der Waals surface area contributed by atoms with Gasteiger partial charge in [-0.2, -0.15) is 0 Å². The van der Waals surface area contributed by atoms with Gasteiger partial charge >= 0.3 is 0 Å². The maximum absolute atomic E-state index is 11.8. The largest absolute Gasteiger partial charge is 0.497 e. The molecule has 0 bridgehead atoms. The van der Waals surface area contributed by atoms with Crippen LogP contribution in [0.4, 0.5) is 0 Å². The van der Waals surface area contributed by atoms with Crippen LogP contribution in [0.25, 0.3) is 0 Å². The molecule has 144 valence electrons. The normalized spacial score (nSPS) is 17.3. The van der Waals surface area contributed by atoms with Gasteiger partial charge < -0.3 is 20.3 Å². The molecule has 0 aliphatic carbocycles. The summed E-state index contributed by atoms with van der Waals surface area (Å²) in [4.78, 5) is 18.4. The summed E-state index contributed by atoms with van der Waals surface area (Å²) in [5.74, 6) is 1.96. The number of hydrogen-bond acceptors (Lipinski definition) is 3. The van der Waals surface area contributed by atoms with Crippen molar-refractivity contribution >= 4 is 11.9 Å². The Bertz CT molecular complexity index is 586. The van der Waals surface area contributed by atoms with E-state index in [-0.39, 0.29) is 11.9 Å². The Morgan fingerprint density at radius 3 is 2.73 bits per heavy atom. The molecule has 1 amide bonds. The number of likely N-dealkylation sites (tertiary alicyclic amines) is 1. The monoisotopic (exact) mass is 360 g/mol. The smallest absolute Gasteiger partial charge is 0.222 e. The maximum atomic E-state index is 11.8. The molecule has 1 atom stereocenters. The van der Waals surface area contributed by atoms with Crippen LogP contribution in [0.1, 0.15) is 38.7 Å². The summed E-state index contributed by atoms with van der Waals surface area (Å²) >= 11 is 0. The Morgan fingerprint density at radius 1 is 1.31 bits per heavy atom. The maximum Gasteiger partial charge on any atom is 0.222 e. The molecule has 1 aliphatic rings. The van der Waals surface area contributed by atoms with Crippen LogP contribution in [0.2, 0.25) is 0 Å². The first-order valence-electron chi connectivity index (χ1n) is 9.61. The van der Waals surface area contributed by atoms with Crippen molar-refractivity contribution in [3.8, 4) is 5.75 Å². The van der Waals surface area contributed by atoms with Gasteiger partial charge in [0.25, 0.3) is 0 Å². The van der Waals surface area contributed by atoms with E-state index in [4.69, 9.17) is 4.74 Å². The van der Waals surface area contributed by atoms with Gasteiger partial charge in [0.15, 0.2) is 5.96 Å². The number of carbonyl (C=O) groups is 1. The van der Waals surface area contributed by atoms with E-state index in [0.29, 0.717) is 6.42 Å². The first-order valence-corrected chi connectivity index (χ1v) is 9.61. The van der Waals surface area contributed by atoms with Crippen molar-refractivity contribution in [2.75, 3.05) is 33.3 Å². The van der Waals surface area contributed by atoms with Gasteiger partial charge in [0.2, 0.25) is 5.91 Å². The predicted octanol–water partition coefficient (Wildman–Crippen LogP) is 2.19. The number of benzene rings is 1. The van der Waals surface area contributed by atoms with Gasteiger partial charge in [0.1, 0.15) is 5.75 Å². The van der Waals surface area contributed by atoms with Gasteiger partial charge in [-0.05, 0) is 43.9 Å². The lowest BCUT2D eigenvalue weighted by atomic mass is 10.1. The highest BCUT2D eigenvalue weighted by Crippen LogP contribution is 2.13. The second kappa shape index (κ2) is 10.7. The number of methoxy groups -OCH3 is 1. The molecule has 6 nitrogen and oxygen atoms in total. The minimum atomic E-state index is 0.232. The third kappa shape index (κ3) is 6.24. The third-order valence-electron chi connectivity index (χ3n) is 4.58. The van der Waals surface area contributed by atoms with Crippen LogP contribution in [0.15, 0.2) is 29.3 Å². The highest BCUT2D eigenvalue weighted by Gasteiger charge is 2.25. The molecule has 0 radical (unpaired) electrons. The van der Waals surface area contributed by atoms with E-state index in [1.54, 1.807) is 7.11 Å². The summed E-state index contributed by atoms with van der Waals surface area (Å²) in [5.41, 5.74) is 1.29. The van der Waals surface area contributed by atoms with Crippen LogP contribution in [0.5, 0.6) is 5.75 Å². The molecule has 1 unspecified atom stereocenters. The number of rotatable bonds is 8. The van der Waals surface area contributed by atoms with Crippen LogP contribution < -0.4 is 15.4 Å². The molecule has 0 saturated carbocycles. The van der Waals surface area contributed by atoms with Gasteiger partial charge in [-0.1, -0.05) is 19.1 Å². The number of nitrogens with zero attached hydrogens (tertiary/aromatic N) is 2. The topological polar surface area (TPSA) is 66.0 Å². The summed E-state index contributed by atoms with van der Waals surface area (Å²) in [5, 5.41) is 6.77. The summed E-state index contributed by atoms with van der Waals surface area (Å²) in [6.07, 6.45) is 3.54. The average molecular weight is 361 g/mol. The number of ether oxygens (including phenoxy) is 1. The Morgan fingerprint density at radius 2 is 2.08 bits per heavy atom. The second-order valence-electron chi connectivity index (χ2n) is 6.54. The first kappa shape index (κ1) is 20.1. The molecule has 6 heteroatoms. The number of aryl methyl sites for hydroxylation is 1. The molecule has 2 N–H and O–H groups in total. The van der Waals surface area contributed by atoms with Crippen molar-refractivity contribution in [3.63, 3.8) is 0 Å². The van der Waals surface area contributed by atoms with Crippen molar-refractivity contribution in [3.05, 3.63) is 29.8 Å². The lowest BCUT2D eigenvalue weighted by Gasteiger charge is -2.18. The average Bonchev–Trinajstić information content (AvgIpc) is 3.13. The number of guanidine groups is 1. The van der Waals surface area contributed by atoms with Crippen molar-refractivity contribution in [2.24, 2.45) is 4.99 Å². The van der Waals surface area contributed by atoms with Crippen LogP contribution in [0.3, 0.4) is 0 Å². The quantitative estimate of drug-likeness (QED) is 0.424. The van der Waals surface area contributed by atoms with Crippen molar-refractivity contribution in [1.29, 1.82) is 0 Å². The Labute approximate surface area is 157 Å². The van der Waals surface area contributed by atoms with Crippen molar-refractivity contribution < 1.29 is 9.53 Å². The van der Waals surface area contributed by atoms with Gasteiger partial charge in [-0.15, -0.1) is 0 Å². The van der Waals surface area contributed by atoms with E-state index in [9.17, 15) is 4.79 Å². The predicted molar refractivity (Wildman–Crippen MR) is 106 cm³/mol. The molecular weight excluding hydrogens is 328 g/mol. The standard InChI is InChI=1S/C20H32N4O2/c1-4-19(25)24-14-12-17(15-24)23-20(21-5-2)22-13-6-7-16-8-10-18(26-3)11-9-16/h8-11,17H,4-7,12-15H2,1-3H3,(H2,21,22,23). The van der Waals surface area contributed by atoms with Crippen molar-refractivity contribution in [1.82, 2.24) is 15.5 Å². The molecule has 26 heavy (non-hydrogen) atoms. The van der Waals surface area contributed by atoms with E-state index in [0.717, 1.165) is 57.2 Å². The van der Waals surface area contributed by atoms with E-state index in [1.165, 1.54) is 5.56 Å². The van der Waals surface area contributed by atoms with Gasteiger partial charge in [0, 0.05) is 38.6 Å². The zero-order chi connectivity index (χ0) is 18.8. The number of hydrogen-bond donors (Lipinski definition) is 2. The van der Waals surface area contributed by atoms with E-state index < -0.39 is 0 Å². The van der Waals surface area contributed by atoms with E-state index >= 15 is 0 Å². The molecule has 1 saturated heterocycles. The molecule has 1 aromatic rings. The number of carbonyl (C=O) groups excluding carboxylic acids is 1. The van der Waals surface area contributed by atoms with Crippen LogP contribution in [0, 0.1) is 0 Å². The molecule has 1 aromatic carbocycles. The molecule has 1 aliphatic heterocycles. The molecule has 0 spiro atoms. The van der Waals surface area contributed by atoms with Crippen molar-refractivity contribution in [2.45, 2.75) is 45.6 Å². The van der Waals surface area contributed by atoms with E-state index in [2.05, 4.69) is 34.7 Å².